The number of aromatic nitrogens is 4. The monoisotopic (exact) mass is 337 g/mol. The van der Waals surface area contributed by atoms with E-state index in [1.807, 2.05) is 47.0 Å². The normalized spacial score (nSPS) is 20.2. The summed E-state index contributed by atoms with van der Waals surface area (Å²) < 4.78 is 9.78. The molecule has 1 aromatic carbocycles. The summed E-state index contributed by atoms with van der Waals surface area (Å²) in [5.74, 6) is 0. The van der Waals surface area contributed by atoms with Gasteiger partial charge >= 0.3 is 0 Å². The molecule has 2 aromatic heterocycles. The fourth-order valence-electron chi connectivity index (χ4n) is 3.32. The molecule has 130 valence electrons. The van der Waals surface area contributed by atoms with Crippen molar-refractivity contribution < 1.29 is 4.74 Å². The van der Waals surface area contributed by atoms with Crippen LogP contribution in [-0.4, -0.2) is 32.2 Å². The van der Waals surface area contributed by atoms with E-state index in [9.17, 15) is 0 Å². The van der Waals surface area contributed by atoms with E-state index in [2.05, 4.69) is 40.8 Å². The van der Waals surface area contributed by atoms with Crippen molar-refractivity contribution in [3.63, 3.8) is 0 Å². The van der Waals surface area contributed by atoms with Gasteiger partial charge < -0.3 is 10.1 Å². The second-order valence-corrected chi connectivity index (χ2v) is 6.51. The molecule has 1 N–H and O–H groups in total. The van der Waals surface area contributed by atoms with Gasteiger partial charge in [0.25, 0.3) is 0 Å². The summed E-state index contributed by atoms with van der Waals surface area (Å²) in [7, 11) is 1.97. The Morgan fingerprint density at radius 2 is 2.04 bits per heavy atom. The number of rotatable bonds is 5. The van der Waals surface area contributed by atoms with Gasteiger partial charge in [0.05, 0.1) is 18.1 Å². The van der Waals surface area contributed by atoms with E-state index < -0.39 is 0 Å². The lowest BCUT2D eigenvalue weighted by Gasteiger charge is -2.19. The van der Waals surface area contributed by atoms with E-state index in [1.165, 1.54) is 5.56 Å². The summed E-state index contributed by atoms with van der Waals surface area (Å²) in [6.07, 6.45) is 6.99. The molecule has 25 heavy (non-hydrogen) atoms. The molecular weight excluding hydrogens is 314 g/mol. The average Bonchev–Trinajstić information content (AvgIpc) is 3.36. The van der Waals surface area contributed by atoms with Crippen molar-refractivity contribution in [1.29, 1.82) is 0 Å². The molecule has 4 rings (SSSR count). The Hall–Kier alpha value is -2.44. The number of para-hydroxylation sites is 1. The van der Waals surface area contributed by atoms with Crippen molar-refractivity contribution in [2.24, 2.45) is 7.05 Å². The topological polar surface area (TPSA) is 56.9 Å². The van der Waals surface area contributed by atoms with Crippen molar-refractivity contribution >= 4 is 0 Å². The lowest BCUT2D eigenvalue weighted by Crippen LogP contribution is -2.31. The Morgan fingerprint density at radius 1 is 1.20 bits per heavy atom. The molecule has 6 heteroatoms. The predicted molar refractivity (Wildman–Crippen MR) is 95.4 cm³/mol. The van der Waals surface area contributed by atoms with Gasteiger partial charge in [0, 0.05) is 49.3 Å². The quantitative estimate of drug-likeness (QED) is 0.777. The van der Waals surface area contributed by atoms with Crippen molar-refractivity contribution in [3.05, 3.63) is 65.7 Å². The molecule has 0 unspecified atom stereocenters. The summed E-state index contributed by atoms with van der Waals surface area (Å²) in [6, 6.07) is 10.4. The molecular formula is C19H23N5O. The number of aryl methyl sites for hydroxylation is 1. The van der Waals surface area contributed by atoms with Crippen molar-refractivity contribution in [1.82, 2.24) is 24.9 Å². The van der Waals surface area contributed by atoms with E-state index in [1.54, 1.807) is 0 Å². The highest BCUT2D eigenvalue weighted by atomic mass is 16.5. The van der Waals surface area contributed by atoms with Crippen LogP contribution in [0, 0.1) is 6.92 Å². The Bertz CT molecular complexity index is 839. The van der Waals surface area contributed by atoms with Crippen LogP contribution in [-0.2, 0) is 18.3 Å². The number of benzene rings is 1. The lowest BCUT2D eigenvalue weighted by molar-refractivity contribution is 0.0979. The molecule has 1 aliphatic heterocycles. The fraction of sp³-hybridized carbons (Fsp3) is 0.368. The van der Waals surface area contributed by atoms with Gasteiger partial charge in [0.2, 0.25) is 0 Å². The zero-order valence-electron chi connectivity index (χ0n) is 14.6. The third-order valence-corrected chi connectivity index (χ3v) is 4.90. The third kappa shape index (κ3) is 3.23. The summed E-state index contributed by atoms with van der Waals surface area (Å²) in [6.45, 7) is 3.64. The minimum atomic E-state index is 0.0675. The van der Waals surface area contributed by atoms with Crippen molar-refractivity contribution in [2.75, 3.05) is 6.61 Å². The first-order valence-electron chi connectivity index (χ1n) is 8.65. The first-order valence-corrected chi connectivity index (χ1v) is 8.65. The van der Waals surface area contributed by atoms with E-state index >= 15 is 0 Å². The smallest absolute Gasteiger partial charge is 0.101 e. The van der Waals surface area contributed by atoms with Crippen LogP contribution in [0.1, 0.15) is 29.3 Å². The maximum atomic E-state index is 5.97. The molecule has 6 nitrogen and oxygen atoms in total. The van der Waals surface area contributed by atoms with Gasteiger partial charge in [-0.1, -0.05) is 18.2 Å². The zero-order valence-corrected chi connectivity index (χ0v) is 14.6. The largest absolute Gasteiger partial charge is 0.372 e. The van der Waals surface area contributed by atoms with Crippen LogP contribution in [0.2, 0.25) is 0 Å². The van der Waals surface area contributed by atoms with E-state index in [0.29, 0.717) is 6.04 Å². The Morgan fingerprint density at radius 3 is 2.80 bits per heavy atom. The Balaban J connectivity index is 1.43. The highest BCUT2D eigenvalue weighted by molar-refractivity contribution is 5.31. The number of hydrogen-bond donors (Lipinski definition) is 1. The highest BCUT2D eigenvalue weighted by Gasteiger charge is 2.31. The van der Waals surface area contributed by atoms with E-state index in [-0.39, 0.29) is 6.10 Å². The summed E-state index contributed by atoms with van der Waals surface area (Å²) in [4.78, 5) is 0. The van der Waals surface area contributed by atoms with Crippen LogP contribution in [0.15, 0.2) is 48.9 Å². The van der Waals surface area contributed by atoms with Crippen LogP contribution in [0.25, 0.3) is 5.69 Å². The molecule has 2 atom stereocenters. The molecule has 1 aliphatic rings. The Kier molecular flexibility index (Phi) is 4.38. The van der Waals surface area contributed by atoms with Crippen LogP contribution in [0.5, 0.6) is 0 Å². The molecule has 0 saturated carbocycles. The maximum absolute atomic E-state index is 5.97. The lowest BCUT2D eigenvalue weighted by atomic mass is 10.0. The number of nitrogens with zero attached hydrogens (tertiary/aromatic N) is 4. The molecule has 0 bridgehead atoms. The molecule has 0 radical (unpaired) electrons. The van der Waals surface area contributed by atoms with Gasteiger partial charge in [-0.3, -0.25) is 4.68 Å². The van der Waals surface area contributed by atoms with Gasteiger partial charge in [-0.2, -0.15) is 10.2 Å². The molecule has 0 spiro atoms. The minimum absolute atomic E-state index is 0.0675. The highest BCUT2D eigenvalue weighted by Crippen LogP contribution is 2.31. The van der Waals surface area contributed by atoms with Gasteiger partial charge in [-0.05, 0) is 25.5 Å². The maximum Gasteiger partial charge on any atom is 0.101 e. The van der Waals surface area contributed by atoms with Crippen molar-refractivity contribution in [3.8, 4) is 5.69 Å². The van der Waals surface area contributed by atoms with Crippen molar-refractivity contribution in [2.45, 2.75) is 32.0 Å². The number of hydrogen-bond acceptors (Lipinski definition) is 4. The number of nitrogens with one attached hydrogen (secondary N) is 1. The van der Waals surface area contributed by atoms with Gasteiger partial charge in [0.15, 0.2) is 0 Å². The molecule has 3 heterocycles. The zero-order chi connectivity index (χ0) is 17.2. The summed E-state index contributed by atoms with van der Waals surface area (Å²) in [5, 5.41) is 12.4. The molecule has 3 aromatic rings. The fourth-order valence-corrected chi connectivity index (χ4v) is 3.32. The summed E-state index contributed by atoms with van der Waals surface area (Å²) >= 11 is 0. The average molecular weight is 337 g/mol. The van der Waals surface area contributed by atoms with Crippen LogP contribution in [0.4, 0.5) is 0 Å². The molecule has 1 fully saturated rings. The molecule has 0 aliphatic carbocycles. The Labute approximate surface area is 147 Å². The van der Waals surface area contributed by atoms with Crippen LogP contribution >= 0.6 is 0 Å². The molecule has 0 amide bonds. The predicted octanol–water partition coefficient (Wildman–Crippen LogP) is 2.53. The molecule has 1 saturated heterocycles. The SMILES string of the molecule is Cc1c([C@H]2OCC[C@@H]2NCc2cnn(-c3ccccc3)c2)cnn1C. The van der Waals surface area contributed by atoms with Gasteiger partial charge in [-0.25, -0.2) is 4.68 Å². The first kappa shape index (κ1) is 16.1. The van der Waals surface area contributed by atoms with E-state index in [4.69, 9.17) is 4.74 Å². The van der Waals surface area contributed by atoms with E-state index in [0.717, 1.165) is 36.5 Å². The standard InChI is InChI=1S/C19H23N5O/c1-14-17(12-21-23(14)2)19-18(8-9-25-19)20-10-15-11-22-24(13-15)16-6-4-3-5-7-16/h3-7,11-13,18-20H,8-10H2,1-2H3/t18-,19+/m0/s1. The van der Waals surface area contributed by atoms with Crippen LogP contribution < -0.4 is 5.32 Å². The van der Waals surface area contributed by atoms with Gasteiger partial charge in [-0.15, -0.1) is 0 Å². The third-order valence-electron chi connectivity index (χ3n) is 4.90. The second kappa shape index (κ2) is 6.82. The second-order valence-electron chi connectivity index (χ2n) is 6.51. The van der Waals surface area contributed by atoms with Gasteiger partial charge in [0.1, 0.15) is 6.10 Å². The summed E-state index contributed by atoms with van der Waals surface area (Å²) in [5.41, 5.74) is 4.58. The first-order chi connectivity index (χ1) is 12.2. The van der Waals surface area contributed by atoms with Crippen LogP contribution in [0.3, 0.4) is 0 Å². The minimum Gasteiger partial charge on any atom is -0.372 e. The number of ether oxygens (including phenoxy) is 1.